The number of hydrogen-bond acceptors (Lipinski definition) is 0. The van der Waals surface area contributed by atoms with E-state index in [2.05, 4.69) is 51.1 Å². The first kappa shape index (κ1) is 43.4. The number of hydrogen-bond donors (Lipinski definition) is 0. The first-order chi connectivity index (χ1) is 5.61. The predicted molar refractivity (Wildman–Crippen MR) is 96.9 cm³/mol. The number of rotatable bonds is 0. The van der Waals surface area contributed by atoms with Crippen molar-refractivity contribution in [1.29, 1.82) is 0 Å². The lowest BCUT2D eigenvalue weighted by molar-refractivity contribution is 0.590. The van der Waals surface area contributed by atoms with Crippen LogP contribution in [0.15, 0.2) is 30.3 Å². The minimum atomic E-state index is 0. The highest BCUT2D eigenvalue weighted by molar-refractivity contribution is 5.21. The smallest absolute Gasteiger partial charge is 0.0132 e. The second-order valence-electron chi connectivity index (χ2n) is 3.62. The number of benzene rings is 1. The average molecular weight is 261 g/mol. The van der Waals surface area contributed by atoms with E-state index in [1.807, 2.05) is 13.8 Å². The Bertz CT molecular complexity index is 191. The van der Waals surface area contributed by atoms with Crippen molar-refractivity contribution in [1.82, 2.24) is 0 Å². The van der Waals surface area contributed by atoms with Gasteiger partial charge in [-0.15, -0.1) is 0 Å². The van der Waals surface area contributed by atoms with Crippen LogP contribution in [0, 0.1) is 0 Å². The first-order valence-electron chi connectivity index (χ1n) is 4.66. The summed E-state index contributed by atoms with van der Waals surface area (Å²) in [5.74, 6) is 0. The lowest BCUT2D eigenvalue weighted by atomic mass is 9.87. The minimum absolute atomic E-state index is 0. The van der Waals surface area contributed by atoms with Crippen LogP contribution in [0.1, 0.15) is 84.7 Å². The van der Waals surface area contributed by atoms with Gasteiger partial charge < -0.3 is 0 Å². The molecule has 0 fully saturated rings. The molecule has 1 aromatic rings. The molecule has 0 bridgehead atoms. The van der Waals surface area contributed by atoms with Crippen molar-refractivity contribution in [2.24, 2.45) is 0 Å². The molecule has 0 N–H and O–H groups in total. The summed E-state index contributed by atoms with van der Waals surface area (Å²) < 4.78 is 0. The zero-order chi connectivity index (χ0) is 9.61. The fourth-order valence-electron chi connectivity index (χ4n) is 0.938. The summed E-state index contributed by atoms with van der Waals surface area (Å²) in [7, 11) is 0. The molecule has 0 aliphatic carbocycles. The monoisotopic (exact) mass is 260 g/mol. The molecule has 0 amide bonds. The molecule has 1 rings (SSSR count). The quantitative estimate of drug-likeness (QED) is 0.446. The summed E-state index contributed by atoms with van der Waals surface area (Å²) >= 11 is 0. The molecule has 0 spiro atoms. The topological polar surface area (TPSA) is 0 Å². The molecule has 0 heteroatoms. The van der Waals surface area contributed by atoms with Crippen LogP contribution in [-0.2, 0) is 5.41 Å². The van der Waals surface area contributed by atoms with Crippen LogP contribution in [0.5, 0.6) is 0 Å². The Morgan fingerprint density at radius 2 is 0.889 bits per heavy atom. The van der Waals surface area contributed by atoms with E-state index in [-0.39, 0.29) is 44.6 Å². The Morgan fingerprint density at radius 1 is 0.611 bits per heavy atom. The van der Waals surface area contributed by atoms with Crippen molar-refractivity contribution < 1.29 is 0 Å². The fraction of sp³-hybridized carbons (Fsp3) is 0.667. The molecule has 1 aromatic carbocycles. The summed E-state index contributed by atoms with van der Waals surface area (Å²) in [6, 6.07) is 10.6. The maximum atomic E-state index is 2.22. The van der Waals surface area contributed by atoms with Gasteiger partial charge in [-0.25, -0.2) is 0 Å². The Hall–Kier alpha value is -0.780. The van der Waals surface area contributed by atoms with Gasteiger partial charge in [0.05, 0.1) is 0 Å². The molecule has 0 radical (unpaired) electrons. The second kappa shape index (κ2) is 21.5. The van der Waals surface area contributed by atoms with E-state index in [9.17, 15) is 0 Å². The van der Waals surface area contributed by atoms with Crippen molar-refractivity contribution in [3.8, 4) is 0 Å². The van der Waals surface area contributed by atoms with Crippen molar-refractivity contribution in [2.45, 2.75) is 84.6 Å². The molecule has 0 aliphatic rings. The van der Waals surface area contributed by atoms with Gasteiger partial charge in [0.1, 0.15) is 0 Å². The van der Waals surface area contributed by atoms with Crippen molar-refractivity contribution >= 4 is 0 Å². The van der Waals surface area contributed by atoms with Gasteiger partial charge in [0.25, 0.3) is 0 Å². The zero-order valence-corrected chi connectivity index (χ0v) is 8.89. The van der Waals surface area contributed by atoms with Crippen LogP contribution in [-0.4, -0.2) is 0 Å². The van der Waals surface area contributed by atoms with Crippen molar-refractivity contribution in [2.75, 3.05) is 0 Å². The van der Waals surface area contributed by atoms with E-state index in [1.165, 1.54) is 5.56 Å². The predicted octanol–water partition coefficient (Wildman–Crippen LogP) is 7.83. The van der Waals surface area contributed by atoms with Gasteiger partial charge in [0.2, 0.25) is 0 Å². The van der Waals surface area contributed by atoms with Gasteiger partial charge in [0.15, 0.2) is 0 Å². The molecule has 0 saturated heterocycles. The van der Waals surface area contributed by atoms with Crippen LogP contribution in [0.25, 0.3) is 0 Å². The van der Waals surface area contributed by atoms with Gasteiger partial charge in [-0.05, 0) is 11.0 Å². The molecule has 0 aliphatic heterocycles. The van der Waals surface area contributed by atoms with Gasteiger partial charge in [-0.1, -0.05) is 110 Å². The van der Waals surface area contributed by atoms with E-state index in [4.69, 9.17) is 0 Å². The minimum Gasteiger partial charge on any atom is -0.0776 e. The highest BCUT2D eigenvalue weighted by Crippen LogP contribution is 2.20. The van der Waals surface area contributed by atoms with E-state index in [0.29, 0.717) is 5.41 Å². The molecule has 0 atom stereocenters. The second-order valence-corrected chi connectivity index (χ2v) is 3.62. The summed E-state index contributed by atoms with van der Waals surface area (Å²) in [6.45, 7) is 10.7. The lowest BCUT2D eigenvalue weighted by Crippen LogP contribution is -2.10. The van der Waals surface area contributed by atoms with Gasteiger partial charge >= 0.3 is 0 Å². The van der Waals surface area contributed by atoms with Crippen molar-refractivity contribution in [3.05, 3.63) is 35.9 Å². The van der Waals surface area contributed by atoms with Gasteiger partial charge in [0, 0.05) is 0 Å². The third kappa shape index (κ3) is 17.6. The lowest BCUT2D eigenvalue weighted by Gasteiger charge is -2.18. The van der Waals surface area contributed by atoms with Crippen LogP contribution in [0.2, 0.25) is 0 Å². The van der Waals surface area contributed by atoms with Crippen LogP contribution in [0.3, 0.4) is 0 Å². The summed E-state index contributed by atoms with van der Waals surface area (Å²) in [5, 5.41) is 0. The maximum absolute atomic E-state index is 2.22. The van der Waals surface area contributed by atoms with Crippen LogP contribution >= 0.6 is 0 Å². The Morgan fingerprint density at radius 3 is 1.06 bits per heavy atom. The third-order valence-corrected chi connectivity index (χ3v) is 1.64. The molecule has 0 nitrogen and oxygen atoms in total. The maximum Gasteiger partial charge on any atom is -0.0132 e. The Balaban J connectivity index is -0.0000000289. The highest BCUT2D eigenvalue weighted by Gasteiger charge is 2.11. The molecule has 0 unspecified atom stereocenters. The van der Waals surface area contributed by atoms with E-state index < -0.39 is 0 Å². The molecule has 0 saturated carbocycles. The fourth-order valence-corrected chi connectivity index (χ4v) is 0.938. The molecule has 0 heterocycles. The van der Waals surface area contributed by atoms with Crippen LogP contribution < -0.4 is 0 Å². The van der Waals surface area contributed by atoms with E-state index in [1.54, 1.807) is 0 Å². The Kier molecular flexibility index (Phi) is 51.8. The van der Waals surface area contributed by atoms with E-state index in [0.717, 1.165) is 0 Å². The molecule has 0 aromatic heterocycles. The average Bonchev–Trinajstić information content (AvgIpc) is 2.08. The van der Waals surface area contributed by atoms with Gasteiger partial charge in [-0.2, -0.15) is 0 Å². The van der Waals surface area contributed by atoms with Crippen molar-refractivity contribution in [3.63, 3.8) is 0 Å². The molecule has 18 heavy (non-hydrogen) atoms. The van der Waals surface area contributed by atoms with E-state index >= 15 is 0 Å². The summed E-state index contributed by atoms with van der Waals surface area (Å²) in [6.07, 6.45) is 0. The molecular weight excluding hydrogens is 216 g/mol. The molecular formula is C18H44. The molecule has 116 valence electrons. The third-order valence-electron chi connectivity index (χ3n) is 1.64. The summed E-state index contributed by atoms with van der Waals surface area (Å²) in [4.78, 5) is 0. The zero-order valence-electron chi connectivity index (χ0n) is 8.89. The highest BCUT2D eigenvalue weighted by atomic mass is 14.2. The van der Waals surface area contributed by atoms with Crippen LogP contribution in [0.4, 0.5) is 0 Å². The first-order valence-corrected chi connectivity index (χ1v) is 4.66. The van der Waals surface area contributed by atoms with Gasteiger partial charge in [-0.3, -0.25) is 0 Å². The Labute approximate surface area is 121 Å². The largest absolute Gasteiger partial charge is 0.0776 e. The standard InChI is InChI=1S/C10H14.C2H6.6CH4/c1-10(2,3)9-7-5-4-6-8-9;1-2;;;;;;/h4-8H,1-3H3;1-2H3;6*1H4. The normalized spacial score (nSPS) is 6.72. The SMILES string of the molecule is C.C.C.C.C.C.CC.CC(C)(C)c1ccccc1. The summed E-state index contributed by atoms with van der Waals surface area (Å²) in [5.41, 5.74) is 1.69.